The van der Waals surface area contributed by atoms with Crippen molar-refractivity contribution in [3.05, 3.63) is 42.5 Å². The first-order valence-electron chi connectivity index (χ1n) is 9.87. The third kappa shape index (κ3) is 2.82. The number of imidazole rings is 1. The lowest BCUT2D eigenvalue weighted by molar-refractivity contribution is 0.313. The molecular weight excluding hydrogens is 352 g/mol. The molecule has 7 heteroatoms. The summed E-state index contributed by atoms with van der Waals surface area (Å²) in [7, 11) is 2.02. The smallest absolute Gasteiger partial charge is 0.248 e. The zero-order chi connectivity index (χ0) is 19.1. The number of rotatable bonds is 4. The first kappa shape index (κ1) is 17.2. The van der Waals surface area contributed by atoms with Gasteiger partial charge in [0.15, 0.2) is 11.3 Å². The van der Waals surface area contributed by atoms with Gasteiger partial charge in [-0.2, -0.15) is 0 Å². The Morgan fingerprint density at radius 2 is 2.00 bits per heavy atom. The standard InChI is InChI=1S/C21H24N6O/c1-23-12-13-6-8-14(9-7-13)20-26-17(18-19(22)24-10-11-27(18)20)21-25-15-4-2-3-5-16(15)28-21/h2-5,10-11,13-14,23H,6-9,12H2,1H3,(H2,22,24). The quantitative estimate of drug-likeness (QED) is 0.565. The predicted octanol–water partition coefficient (Wildman–Crippen LogP) is 3.61. The van der Waals surface area contributed by atoms with E-state index in [1.807, 2.05) is 37.5 Å². The second kappa shape index (κ2) is 6.91. The summed E-state index contributed by atoms with van der Waals surface area (Å²) in [6.45, 7) is 1.08. The van der Waals surface area contributed by atoms with E-state index in [-0.39, 0.29) is 0 Å². The number of oxazole rings is 1. The molecule has 1 fully saturated rings. The van der Waals surface area contributed by atoms with Crippen molar-refractivity contribution >= 4 is 22.4 Å². The fraction of sp³-hybridized carbons (Fsp3) is 0.381. The minimum Gasteiger partial charge on any atom is -0.435 e. The molecule has 0 saturated heterocycles. The van der Waals surface area contributed by atoms with Crippen molar-refractivity contribution in [2.24, 2.45) is 5.92 Å². The van der Waals surface area contributed by atoms with Gasteiger partial charge >= 0.3 is 0 Å². The van der Waals surface area contributed by atoms with Crippen LogP contribution in [0.4, 0.5) is 5.82 Å². The molecule has 0 atom stereocenters. The topological polar surface area (TPSA) is 94.3 Å². The van der Waals surface area contributed by atoms with E-state index in [9.17, 15) is 0 Å². The number of nitrogen functional groups attached to an aromatic ring is 1. The zero-order valence-corrected chi connectivity index (χ0v) is 15.9. The molecule has 0 spiro atoms. The Morgan fingerprint density at radius 1 is 1.18 bits per heavy atom. The van der Waals surface area contributed by atoms with E-state index in [1.165, 1.54) is 12.8 Å². The number of para-hydroxylation sites is 2. The molecule has 1 saturated carbocycles. The van der Waals surface area contributed by atoms with Crippen LogP contribution >= 0.6 is 0 Å². The Balaban J connectivity index is 1.59. The highest BCUT2D eigenvalue weighted by Gasteiger charge is 2.28. The van der Waals surface area contributed by atoms with Gasteiger partial charge in [-0.25, -0.2) is 15.0 Å². The minimum atomic E-state index is 0.403. The highest BCUT2D eigenvalue weighted by molar-refractivity contribution is 5.85. The van der Waals surface area contributed by atoms with Crippen LogP contribution in [0.5, 0.6) is 0 Å². The summed E-state index contributed by atoms with van der Waals surface area (Å²) >= 11 is 0. The lowest BCUT2D eigenvalue weighted by Crippen LogP contribution is -2.24. The van der Waals surface area contributed by atoms with Gasteiger partial charge in [-0.05, 0) is 57.3 Å². The predicted molar refractivity (Wildman–Crippen MR) is 109 cm³/mol. The largest absolute Gasteiger partial charge is 0.435 e. The first-order chi connectivity index (χ1) is 13.7. The Morgan fingerprint density at radius 3 is 2.79 bits per heavy atom. The molecule has 0 amide bonds. The fourth-order valence-corrected chi connectivity index (χ4v) is 4.41. The van der Waals surface area contributed by atoms with Gasteiger partial charge in [0.1, 0.15) is 22.7 Å². The molecule has 7 nitrogen and oxygen atoms in total. The van der Waals surface area contributed by atoms with E-state index >= 15 is 0 Å². The van der Waals surface area contributed by atoms with Gasteiger partial charge in [0.05, 0.1) is 0 Å². The number of nitrogens with two attached hydrogens (primary N) is 1. The van der Waals surface area contributed by atoms with Crippen LogP contribution in [0.3, 0.4) is 0 Å². The Hall–Kier alpha value is -2.93. The average molecular weight is 376 g/mol. The van der Waals surface area contributed by atoms with E-state index in [4.69, 9.17) is 15.1 Å². The van der Waals surface area contributed by atoms with Gasteiger partial charge in [0.25, 0.3) is 0 Å². The number of hydrogen-bond donors (Lipinski definition) is 2. The summed E-state index contributed by atoms with van der Waals surface area (Å²) in [5.41, 5.74) is 9.26. The lowest BCUT2D eigenvalue weighted by Gasteiger charge is -2.27. The van der Waals surface area contributed by atoms with Gasteiger partial charge in [-0.3, -0.25) is 4.40 Å². The molecular formula is C21H24N6O. The first-order valence-corrected chi connectivity index (χ1v) is 9.87. The van der Waals surface area contributed by atoms with Crippen LogP contribution in [0, 0.1) is 5.92 Å². The van der Waals surface area contributed by atoms with Crippen LogP contribution in [0.1, 0.15) is 37.4 Å². The molecule has 1 aliphatic rings. The number of nitrogens with zero attached hydrogens (tertiary/aromatic N) is 4. The van der Waals surface area contributed by atoms with Gasteiger partial charge in [-0.1, -0.05) is 12.1 Å². The molecule has 3 aromatic heterocycles. The Labute approximate surface area is 163 Å². The fourth-order valence-electron chi connectivity index (χ4n) is 4.41. The molecule has 5 rings (SSSR count). The Bertz CT molecular complexity index is 1090. The summed E-state index contributed by atoms with van der Waals surface area (Å²) in [6, 6.07) is 7.74. The van der Waals surface area contributed by atoms with Crippen molar-refractivity contribution in [1.29, 1.82) is 0 Å². The van der Waals surface area contributed by atoms with E-state index in [0.717, 1.165) is 47.7 Å². The second-order valence-corrected chi connectivity index (χ2v) is 7.61. The third-order valence-electron chi connectivity index (χ3n) is 5.81. The van der Waals surface area contributed by atoms with Crippen LogP contribution in [0.15, 0.2) is 41.1 Å². The molecule has 144 valence electrons. The molecule has 0 unspecified atom stereocenters. The van der Waals surface area contributed by atoms with Crippen molar-refractivity contribution in [2.45, 2.75) is 31.6 Å². The summed E-state index contributed by atoms with van der Waals surface area (Å²) in [5, 5.41) is 3.30. The third-order valence-corrected chi connectivity index (χ3v) is 5.81. The van der Waals surface area contributed by atoms with Crippen molar-refractivity contribution in [2.75, 3.05) is 19.3 Å². The zero-order valence-electron chi connectivity index (χ0n) is 15.9. The molecule has 0 radical (unpaired) electrons. The normalized spacial score (nSPS) is 20.2. The molecule has 0 aliphatic heterocycles. The maximum atomic E-state index is 6.24. The van der Waals surface area contributed by atoms with E-state index in [0.29, 0.717) is 23.3 Å². The number of benzene rings is 1. The van der Waals surface area contributed by atoms with Crippen molar-refractivity contribution in [3.8, 4) is 11.6 Å². The molecule has 4 aromatic rings. The maximum Gasteiger partial charge on any atom is 0.248 e. The average Bonchev–Trinajstić information content (AvgIpc) is 3.31. The van der Waals surface area contributed by atoms with E-state index < -0.39 is 0 Å². The van der Waals surface area contributed by atoms with Crippen LogP contribution < -0.4 is 11.1 Å². The van der Waals surface area contributed by atoms with Crippen molar-refractivity contribution in [1.82, 2.24) is 24.7 Å². The van der Waals surface area contributed by atoms with Crippen LogP contribution in [-0.4, -0.2) is 32.9 Å². The number of fused-ring (bicyclic) bond motifs is 2. The number of hydrogen-bond acceptors (Lipinski definition) is 6. The number of aromatic nitrogens is 4. The SMILES string of the molecule is CNCC1CCC(c2nc(-c3nc4ccccc4o3)c3c(N)nccn23)CC1. The number of anilines is 1. The second-order valence-electron chi connectivity index (χ2n) is 7.61. The van der Waals surface area contributed by atoms with Gasteiger partial charge in [-0.15, -0.1) is 0 Å². The van der Waals surface area contributed by atoms with Crippen LogP contribution in [0.2, 0.25) is 0 Å². The van der Waals surface area contributed by atoms with Crippen molar-refractivity contribution < 1.29 is 4.42 Å². The van der Waals surface area contributed by atoms with Gasteiger partial charge in [0, 0.05) is 18.3 Å². The number of nitrogens with one attached hydrogen (secondary N) is 1. The molecule has 0 bridgehead atoms. The maximum absolute atomic E-state index is 6.24. The monoisotopic (exact) mass is 376 g/mol. The van der Waals surface area contributed by atoms with E-state index in [2.05, 4.69) is 19.7 Å². The van der Waals surface area contributed by atoms with E-state index in [1.54, 1.807) is 6.20 Å². The molecule has 28 heavy (non-hydrogen) atoms. The van der Waals surface area contributed by atoms with Crippen LogP contribution in [0.25, 0.3) is 28.2 Å². The summed E-state index contributed by atoms with van der Waals surface area (Å²) in [6.07, 6.45) is 8.34. The van der Waals surface area contributed by atoms with Crippen LogP contribution in [-0.2, 0) is 0 Å². The van der Waals surface area contributed by atoms with Gasteiger partial charge < -0.3 is 15.5 Å². The lowest BCUT2D eigenvalue weighted by atomic mass is 9.81. The molecule has 1 aliphatic carbocycles. The Kier molecular flexibility index (Phi) is 4.24. The summed E-state index contributed by atoms with van der Waals surface area (Å²) < 4.78 is 8.07. The summed E-state index contributed by atoms with van der Waals surface area (Å²) in [5.74, 6) is 3.12. The van der Waals surface area contributed by atoms with Gasteiger partial charge in [0.2, 0.25) is 5.89 Å². The highest BCUT2D eigenvalue weighted by atomic mass is 16.3. The molecule has 3 N–H and O–H groups in total. The highest BCUT2D eigenvalue weighted by Crippen LogP contribution is 2.38. The van der Waals surface area contributed by atoms with Crippen molar-refractivity contribution in [3.63, 3.8) is 0 Å². The molecule has 3 heterocycles. The molecule has 1 aromatic carbocycles. The summed E-state index contributed by atoms with van der Waals surface area (Å²) in [4.78, 5) is 13.9. The minimum absolute atomic E-state index is 0.403.